The van der Waals surface area contributed by atoms with E-state index in [2.05, 4.69) is 17.6 Å². The molecule has 1 aromatic carbocycles. The predicted octanol–water partition coefficient (Wildman–Crippen LogP) is 3.67. The van der Waals surface area contributed by atoms with Gasteiger partial charge in [0.15, 0.2) is 0 Å². The van der Waals surface area contributed by atoms with Gasteiger partial charge in [-0.3, -0.25) is 0 Å². The second kappa shape index (κ2) is 7.08. The average molecular weight is 276 g/mol. The van der Waals surface area contributed by atoms with Crippen molar-refractivity contribution in [3.8, 4) is 0 Å². The molecular weight excluding hydrogens is 255 g/mol. The third-order valence-corrected chi connectivity index (χ3v) is 3.77. The molecule has 1 aliphatic rings. The molecule has 0 radical (unpaired) electrons. The molecule has 0 bridgehead atoms. The number of halogens is 1. The summed E-state index contributed by atoms with van der Waals surface area (Å²) in [6.45, 7) is 2.17. The highest BCUT2D eigenvalue weighted by Crippen LogP contribution is 2.23. The predicted molar refractivity (Wildman–Crippen MR) is 78.5 cm³/mol. The molecular formula is C16H21FN2O. The third kappa shape index (κ3) is 4.37. The van der Waals surface area contributed by atoms with Crippen LogP contribution in [0.3, 0.4) is 0 Å². The summed E-state index contributed by atoms with van der Waals surface area (Å²) < 4.78 is 13.0. The third-order valence-electron chi connectivity index (χ3n) is 3.77. The lowest BCUT2D eigenvalue weighted by Crippen LogP contribution is -2.44. The number of hydrogen-bond donors (Lipinski definition) is 2. The van der Waals surface area contributed by atoms with Gasteiger partial charge in [0.25, 0.3) is 0 Å². The summed E-state index contributed by atoms with van der Waals surface area (Å²) in [7, 11) is 0. The Hall–Kier alpha value is -1.84. The van der Waals surface area contributed by atoms with E-state index >= 15 is 0 Å². The molecule has 1 fully saturated rings. The Labute approximate surface area is 119 Å². The number of benzene rings is 1. The highest BCUT2D eigenvalue weighted by Gasteiger charge is 2.22. The van der Waals surface area contributed by atoms with Crippen LogP contribution in [-0.2, 0) is 0 Å². The lowest BCUT2D eigenvalue weighted by Gasteiger charge is -2.29. The Kier molecular flexibility index (Phi) is 5.16. The molecule has 3 nitrogen and oxygen atoms in total. The normalized spacial score (nSPS) is 22.7. The van der Waals surface area contributed by atoms with Gasteiger partial charge in [0.2, 0.25) is 0 Å². The zero-order valence-electron chi connectivity index (χ0n) is 11.7. The fraction of sp³-hybridized carbons (Fsp3) is 0.438. The number of hydrogen-bond acceptors (Lipinski definition) is 1. The largest absolute Gasteiger partial charge is 0.335 e. The molecule has 2 N–H and O–H groups in total. The second-order valence-electron chi connectivity index (χ2n) is 5.37. The van der Waals surface area contributed by atoms with Gasteiger partial charge in [0.1, 0.15) is 5.82 Å². The van der Waals surface area contributed by atoms with E-state index in [1.807, 2.05) is 0 Å². The van der Waals surface area contributed by atoms with Crippen LogP contribution in [0.1, 0.15) is 38.2 Å². The molecule has 2 atom stereocenters. The van der Waals surface area contributed by atoms with E-state index in [0.717, 1.165) is 12.0 Å². The molecule has 20 heavy (non-hydrogen) atoms. The maximum atomic E-state index is 13.0. The van der Waals surface area contributed by atoms with E-state index in [4.69, 9.17) is 0 Å². The minimum atomic E-state index is -0.285. The molecule has 0 saturated heterocycles. The van der Waals surface area contributed by atoms with E-state index in [9.17, 15) is 9.18 Å². The fourth-order valence-electron chi connectivity index (χ4n) is 2.56. The van der Waals surface area contributed by atoms with Gasteiger partial charge in [0.05, 0.1) is 0 Å². The molecule has 0 heterocycles. The minimum Gasteiger partial charge on any atom is -0.335 e. The zero-order chi connectivity index (χ0) is 14.4. The summed E-state index contributed by atoms with van der Waals surface area (Å²) in [4.78, 5) is 11.8. The van der Waals surface area contributed by atoms with Crippen molar-refractivity contribution in [3.63, 3.8) is 0 Å². The van der Waals surface area contributed by atoms with E-state index < -0.39 is 0 Å². The standard InChI is InChI=1S/C16H21FN2O/c1-12-5-2-3-8-15(12)19-16(20)18-10-9-13-6-4-7-14(17)11-13/h4,6-7,9-12,15H,2-3,5,8H2,1H3,(H2,18,19,20)/b10-9+. The first-order valence-corrected chi connectivity index (χ1v) is 7.14. The lowest BCUT2D eigenvalue weighted by molar-refractivity contribution is 0.225. The van der Waals surface area contributed by atoms with E-state index in [0.29, 0.717) is 5.92 Å². The van der Waals surface area contributed by atoms with Crippen molar-refractivity contribution in [3.05, 3.63) is 41.8 Å². The Morgan fingerprint density at radius 1 is 1.35 bits per heavy atom. The zero-order valence-corrected chi connectivity index (χ0v) is 11.7. The van der Waals surface area contributed by atoms with Crippen molar-refractivity contribution in [1.29, 1.82) is 0 Å². The maximum absolute atomic E-state index is 13.0. The highest BCUT2D eigenvalue weighted by molar-refractivity contribution is 5.76. The van der Waals surface area contributed by atoms with Gasteiger partial charge >= 0.3 is 6.03 Å². The number of carbonyl (C=O) groups excluding carboxylic acids is 1. The minimum absolute atomic E-state index is 0.198. The molecule has 1 aliphatic carbocycles. The van der Waals surface area contributed by atoms with Gasteiger partial charge in [-0.2, -0.15) is 0 Å². The van der Waals surface area contributed by atoms with Crippen molar-refractivity contribution in [2.45, 2.75) is 38.6 Å². The average Bonchev–Trinajstić information content (AvgIpc) is 2.41. The van der Waals surface area contributed by atoms with Crippen molar-refractivity contribution in [1.82, 2.24) is 10.6 Å². The Morgan fingerprint density at radius 3 is 2.90 bits per heavy atom. The first kappa shape index (κ1) is 14.6. The van der Waals surface area contributed by atoms with Crippen molar-refractivity contribution in [2.75, 3.05) is 0 Å². The van der Waals surface area contributed by atoms with Crippen molar-refractivity contribution >= 4 is 12.1 Å². The number of amides is 2. The molecule has 0 spiro atoms. The molecule has 2 unspecified atom stereocenters. The second-order valence-corrected chi connectivity index (χ2v) is 5.37. The van der Waals surface area contributed by atoms with Crippen LogP contribution in [0.4, 0.5) is 9.18 Å². The molecule has 4 heteroatoms. The molecule has 0 aromatic heterocycles. The summed E-state index contributed by atoms with van der Waals surface area (Å²) in [5.74, 6) is 0.245. The first-order valence-electron chi connectivity index (χ1n) is 7.14. The van der Waals surface area contributed by atoms with Gasteiger partial charge in [-0.1, -0.05) is 31.9 Å². The van der Waals surface area contributed by atoms with Crippen LogP contribution in [0.2, 0.25) is 0 Å². The van der Waals surface area contributed by atoms with Crippen LogP contribution in [0, 0.1) is 11.7 Å². The van der Waals surface area contributed by atoms with Gasteiger partial charge in [-0.25, -0.2) is 9.18 Å². The topological polar surface area (TPSA) is 41.1 Å². The maximum Gasteiger partial charge on any atom is 0.318 e. The first-order chi connectivity index (χ1) is 9.65. The number of urea groups is 1. The molecule has 2 rings (SSSR count). The number of nitrogens with one attached hydrogen (secondary N) is 2. The van der Waals surface area contributed by atoms with Crippen LogP contribution in [0.25, 0.3) is 6.08 Å². The monoisotopic (exact) mass is 276 g/mol. The molecule has 0 aliphatic heterocycles. The fourth-order valence-corrected chi connectivity index (χ4v) is 2.56. The summed E-state index contributed by atoms with van der Waals surface area (Å²) in [5.41, 5.74) is 0.719. The van der Waals surface area contributed by atoms with Crippen LogP contribution in [0.15, 0.2) is 30.5 Å². The lowest BCUT2D eigenvalue weighted by atomic mass is 9.86. The molecule has 108 valence electrons. The summed E-state index contributed by atoms with van der Waals surface area (Å²) >= 11 is 0. The van der Waals surface area contributed by atoms with E-state index in [1.165, 1.54) is 37.6 Å². The van der Waals surface area contributed by atoms with Crippen molar-refractivity contribution in [2.24, 2.45) is 5.92 Å². The Morgan fingerprint density at radius 2 is 2.15 bits per heavy atom. The summed E-state index contributed by atoms with van der Waals surface area (Å²) in [6, 6.07) is 6.28. The van der Waals surface area contributed by atoms with Gasteiger partial charge in [0, 0.05) is 12.2 Å². The Balaban J connectivity index is 1.80. The molecule has 1 aromatic rings. The number of rotatable bonds is 3. The molecule has 2 amide bonds. The van der Waals surface area contributed by atoms with E-state index in [-0.39, 0.29) is 17.9 Å². The SMILES string of the molecule is CC1CCCCC1NC(=O)N/C=C/c1cccc(F)c1. The van der Waals surface area contributed by atoms with Crippen LogP contribution >= 0.6 is 0 Å². The smallest absolute Gasteiger partial charge is 0.318 e. The van der Waals surface area contributed by atoms with Crippen LogP contribution < -0.4 is 10.6 Å². The van der Waals surface area contributed by atoms with Crippen LogP contribution in [0.5, 0.6) is 0 Å². The molecule has 1 saturated carbocycles. The van der Waals surface area contributed by atoms with Gasteiger partial charge in [-0.05, 0) is 42.5 Å². The van der Waals surface area contributed by atoms with E-state index in [1.54, 1.807) is 18.2 Å². The van der Waals surface area contributed by atoms with Gasteiger partial charge in [-0.15, -0.1) is 0 Å². The van der Waals surface area contributed by atoms with Crippen LogP contribution in [-0.4, -0.2) is 12.1 Å². The highest BCUT2D eigenvalue weighted by atomic mass is 19.1. The summed E-state index contributed by atoms with van der Waals surface area (Å²) in [6.07, 6.45) is 7.85. The Bertz CT molecular complexity index is 487. The summed E-state index contributed by atoms with van der Waals surface area (Å²) in [5, 5.41) is 5.66. The van der Waals surface area contributed by atoms with Gasteiger partial charge < -0.3 is 10.6 Å². The number of carbonyl (C=O) groups is 1. The quantitative estimate of drug-likeness (QED) is 0.869. The van der Waals surface area contributed by atoms with Crippen molar-refractivity contribution < 1.29 is 9.18 Å².